The van der Waals surface area contributed by atoms with Crippen LogP contribution < -0.4 is 4.90 Å². The number of aldehydes is 1. The molecule has 1 aromatic carbocycles. The first kappa shape index (κ1) is 14.4. The molecule has 3 rings (SSSR count). The summed E-state index contributed by atoms with van der Waals surface area (Å²) in [5, 5.41) is 0. The highest BCUT2D eigenvalue weighted by Crippen LogP contribution is 2.17. The Balaban J connectivity index is 1.67. The van der Waals surface area contributed by atoms with E-state index in [2.05, 4.69) is 17.0 Å². The monoisotopic (exact) mass is 297 g/mol. The highest BCUT2D eigenvalue weighted by Gasteiger charge is 2.24. The number of carbonyl (C=O) groups excluding carboxylic acids is 2. The van der Waals surface area contributed by atoms with Crippen molar-refractivity contribution in [3.63, 3.8) is 0 Å². The molecule has 0 aliphatic carbocycles. The zero-order valence-corrected chi connectivity index (χ0v) is 12.6. The lowest BCUT2D eigenvalue weighted by atomic mass is 10.2. The highest BCUT2D eigenvalue weighted by molar-refractivity contribution is 5.95. The summed E-state index contributed by atoms with van der Waals surface area (Å²) < 4.78 is 1.72. The normalized spacial score (nSPS) is 15.0. The summed E-state index contributed by atoms with van der Waals surface area (Å²) in [4.78, 5) is 27.5. The van der Waals surface area contributed by atoms with Crippen molar-refractivity contribution in [3.05, 3.63) is 53.9 Å². The van der Waals surface area contributed by atoms with Crippen LogP contribution in [0.1, 0.15) is 20.8 Å². The second-order valence-corrected chi connectivity index (χ2v) is 5.50. The Kier molecular flexibility index (Phi) is 3.96. The third-order valence-electron chi connectivity index (χ3n) is 4.07. The van der Waals surface area contributed by atoms with Gasteiger partial charge in [-0.25, -0.2) is 0 Å². The maximum absolute atomic E-state index is 12.6. The first-order valence-corrected chi connectivity index (χ1v) is 7.40. The topological polar surface area (TPSA) is 45.6 Å². The van der Waals surface area contributed by atoms with Crippen molar-refractivity contribution in [2.75, 3.05) is 31.1 Å². The van der Waals surface area contributed by atoms with Gasteiger partial charge in [-0.2, -0.15) is 0 Å². The van der Waals surface area contributed by atoms with Gasteiger partial charge < -0.3 is 14.4 Å². The number of piperazine rings is 1. The second-order valence-electron chi connectivity index (χ2n) is 5.50. The fourth-order valence-corrected chi connectivity index (χ4v) is 2.84. The number of amides is 1. The largest absolute Gasteiger partial charge is 0.368 e. The number of aromatic nitrogens is 1. The van der Waals surface area contributed by atoms with Crippen LogP contribution in [0.4, 0.5) is 5.69 Å². The van der Waals surface area contributed by atoms with Crippen molar-refractivity contribution in [3.8, 4) is 0 Å². The van der Waals surface area contributed by atoms with Gasteiger partial charge in [0.2, 0.25) is 0 Å². The van der Waals surface area contributed by atoms with Gasteiger partial charge in [-0.1, -0.05) is 18.2 Å². The predicted octanol–water partition coefficient (Wildman–Crippen LogP) is 1.80. The van der Waals surface area contributed by atoms with Crippen molar-refractivity contribution < 1.29 is 9.59 Å². The van der Waals surface area contributed by atoms with Crippen LogP contribution in [0.3, 0.4) is 0 Å². The van der Waals surface area contributed by atoms with Gasteiger partial charge in [0.05, 0.1) is 0 Å². The molecule has 1 saturated heterocycles. The van der Waals surface area contributed by atoms with E-state index in [1.54, 1.807) is 23.9 Å². The van der Waals surface area contributed by atoms with Gasteiger partial charge in [0.15, 0.2) is 6.29 Å². The molecule has 22 heavy (non-hydrogen) atoms. The molecule has 0 radical (unpaired) electrons. The molecule has 0 spiro atoms. The molecule has 0 atom stereocenters. The summed E-state index contributed by atoms with van der Waals surface area (Å²) >= 11 is 0. The van der Waals surface area contributed by atoms with Crippen molar-refractivity contribution in [1.82, 2.24) is 9.47 Å². The van der Waals surface area contributed by atoms with Crippen LogP contribution in [0.15, 0.2) is 42.6 Å². The average Bonchev–Trinajstić information content (AvgIpc) is 2.96. The number of benzene rings is 1. The van der Waals surface area contributed by atoms with E-state index >= 15 is 0 Å². The number of para-hydroxylation sites is 1. The van der Waals surface area contributed by atoms with Crippen LogP contribution in [0.25, 0.3) is 0 Å². The molecule has 0 saturated carbocycles. The fraction of sp³-hybridized carbons (Fsp3) is 0.294. The standard InChI is InChI=1S/C17H19N3O2/c1-18-12-14(13-21)11-16(18)17(22)20-9-7-19(8-10-20)15-5-3-2-4-6-15/h2-6,11-13H,7-10H2,1H3. The Bertz CT molecular complexity index is 670. The molecule has 114 valence electrons. The van der Waals surface area contributed by atoms with E-state index in [-0.39, 0.29) is 5.91 Å². The molecule has 2 aromatic rings. The minimum absolute atomic E-state index is 0.0108. The molecule has 0 N–H and O–H groups in total. The molecule has 1 amide bonds. The van der Waals surface area contributed by atoms with E-state index < -0.39 is 0 Å². The third kappa shape index (κ3) is 2.74. The van der Waals surface area contributed by atoms with Crippen LogP contribution >= 0.6 is 0 Å². The van der Waals surface area contributed by atoms with Gasteiger partial charge in [-0.15, -0.1) is 0 Å². The number of hydrogen-bond acceptors (Lipinski definition) is 3. The summed E-state index contributed by atoms with van der Waals surface area (Å²) in [6.07, 6.45) is 2.45. The first-order valence-electron chi connectivity index (χ1n) is 7.40. The van der Waals surface area contributed by atoms with Gasteiger partial charge in [-0.3, -0.25) is 9.59 Å². The van der Waals surface area contributed by atoms with Gasteiger partial charge in [-0.05, 0) is 18.2 Å². The molecule has 0 bridgehead atoms. The Morgan fingerprint density at radius 3 is 2.36 bits per heavy atom. The maximum Gasteiger partial charge on any atom is 0.270 e. The van der Waals surface area contributed by atoms with E-state index in [1.165, 1.54) is 5.69 Å². The Hall–Kier alpha value is -2.56. The summed E-state index contributed by atoms with van der Waals surface area (Å²) in [5.74, 6) is -0.0108. The molecule has 5 nitrogen and oxygen atoms in total. The Morgan fingerprint density at radius 2 is 1.77 bits per heavy atom. The minimum Gasteiger partial charge on any atom is -0.368 e. The minimum atomic E-state index is -0.0108. The first-order chi connectivity index (χ1) is 10.7. The van der Waals surface area contributed by atoms with Gasteiger partial charge in [0.1, 0.15) is 5.69 Å². The van der Waals surface area contributed by atoms with Gasteiger partial charge >= 0.3 is 0 Å². The van der Waals surface area contributed by atoms with E-state index in [0.29, 0.717) is 24.3 Å². The maximum atomic E-state index is 12.6. The molecular formula is C17H19N3O2. The number of aryl methyl sites for hydroxylation is 1. The van der Waals surface area contributed by atoms with Gasteiger partial charge in [0, 0.05) is 50.7 Å². The van der Waals surface area contributed by atoms with E-state index in [9.17, 15) is 9.59 Å². The Labute approximate surface area is 129 Å². The quantitative estimate of drug-likeness (QED) is 0.812. The fourth-order valence-electron chi connectivity index (χ4n) is 2.84. The van der Waals surface area contributed by atoms with Crippen molar-refractivity contribution >= 4 is 17.9 Å². The molecule has 0 unspecified atom stereocenters. The molecule has 1 aliphatic rings. The third-order valence-corrected chi connectivity index (χ3v) is 4.07. The SMILES string of the molecule is Cn1cc(C=O)cc1C(=O)N1CCN(c2ccccc2)CC1. The summed E-state index contributed by atoms with van der Waals surface area (Å²) in [5.41, 5.74) is 2.29. The lowest BCUT2D eigenvalue weighted by Gasteiger charge is -2.36. The van der Waals surface area contributed by atoms with Crippen LogP contribution in [0.2, 0.25) is 0 Å². The highest BCUT2D eigenvalue weighted by atomic mass is 16.2. The van der Waals surface area contributed by atoms with Crippen molar-refractivity contribution in [1.29, 1.82) is 0 Å². The van der Waals surface area contributed by atoms with E-state index in [4.69, 9.17) is 0 Å². The molecule has 1 aliphatic heterocycles. The summed E-state index contributed by atoms with van der Waals surface area (Å²) in [6, 6.07) is 11.9. The number of anilines is 1. The number of hydrogen-bond donors (Lipinski definition) is 0. The molecule has 1 aromatic heterocycles. The smallest absolute Gasteiger partial charge is 0.270 e. The molecule has 2 heterocycles. The predicted molar refractivity (Wildman–Crippen MR) is 85.4 cm³/mol. The number of carbonyl (C=O) groups is 2. The zero-order valence-electron chi connectivity index (χ0n) is 12.6. The summed E-state index contributed by atoms with van der Waals surface area (Å²) in [7, 11) is 1.79. The lowest BCUT2D eigenvalue weighted by Crippen LogP contribution is -2.49. The average molecular weight is 297 g/mol. The molecule has 1 fully saturated rings. The second kappa shape index (κ2) is 6.05. The van der Waals surface area contributed by atoms with E-state index in [0.717, 1.165) is 19.4 Å². The van der Waals surface area contributed by atoms with Crippen LogP contribution in [0, 0.1) is 0 Å². The van der Waals surface area contributed by atoms with Crippen LogP contribution in [-0.2, 0) is 7.05 Å². The number of nitrogens with zero attached hydrogens (tertiary/aromatic N) is 3. The number of rotatable bonds is 3. The molecule has 5 heteroatoms. The zero-order chi connectivity index (χ0) is 15.5. The van der Waals surface area contributed by atoms with Gasteiger partial charge in [0.25, 0.3) is 5.91 Å². The van der Waals surface area contributed by atoms with Crippen LogP contribution in [0.5, 0.6) is 0 Å². The van der Waals surface area contributed by atoms with Crippen LogP contribution in [-0.4, -0.2) is 47.8 Å². The van der Waals surface area contributed by atoms with Crippen molar-refractivity contribution in [2.45, 2.75) is 0 Å². The van der Waals surface area contributed by atoms with E-state index in [1.807, 2.05) is 23.1 Å². The lowest BCUT2D eigenvalue weighted by molar-refractivity contribution is 0.0737. The Morgan fingerprint density at radius 1 is 1.09 bits per heavy atom. The van der Waals surface area contributed by atoms with Crippen molar-refractivity contribution in [2.24, 2.45) is 7.05 Å². The summed E-state index contributed by atoms with van der Waals surface area (Å²) in [6.45, 7) is 3.02. The molecular weight excluding hydrogens is 278 g/mol.